The number of carbonyl (C=O) groups is 1. The van der Waals surface area contributed by atoms with Crippen LogP contribution in [0.2, 0.25) is 5.02 Å². The molecular formula is C13H8ClFO3. The summed E-state index contributed by atoms with van der Waals surface area (Å²) >= 11 is 5.86. The number of para-hydroxylation sites is 2. The van der Waals surface area contributed by atoms with Crippen molar-refractivity contribution < 1.29 is 19.0 Å². The second-order valence-electron chi connectivity index (χ2n) is 3.45. The van der Waals surface area contributed by atoms with Crippen LogP contribution in [0.25, 0.3) is 0 Å². The summed E-state index contributed by atoms with van der Waals surface area (Å²) in [5.74, 6) is -2.17. The minimum Gasteiger partial charge on any atom is -0.478 e. The van der Waals surface area contributed by atoms with Crippen molar-refractivity contribution in [1.82, 2.24) is 0 Å². The summed E-state index contributed by atoms with van der Waals surface area (Å²) in [7, 11) is 0. The Kier molecular flexibility index (Phi) is 3.48. The Hall–Kier alpha value is -2.07. The van der Waals surface area contributed by atoms with Gasteiger partial charge in [0.2, 0.25) is 0 Å². The number of hydrogen-bond donors (Lipinski definition) is 1. The van der Waals surface area contributed by atoms with Crippen LogP contribution in [0, 0.1) is 5.82 Å². The molecule has 0 saturated heterocycles. The molecule has 0 spiro atoms. The molecule has 0 unspecified atom stereocenters. The van der Waals surface area contributed by atoms with Crippen molar-refractivity contribution in [2.45, 2.75) is 0 Å². The van der Waals surface area contributed by atoms with Crippen molar-refractivity contribution in [3.63, 3.8) is 0 Å². The Balaban J connectivity index is 2.46. The van der Waals surface area contributed by atoms with Gasteiger partial charge in [-0.2, -0.15) is 0 Å². The van der Waals surface area contributed by atoms with Crippen LogP contribution in [-0.2, 0) is 0 Å². The molecule has 1 N–H and O–H groups in total. The van der Waals surface area contributed by atoms with E-state index in [4.69, 9.17) is 21.4 Å². The van der Waals surface area contributed by atoms with E-state index in [1.165, 1.54) is 18.2 Å². The van der Waals surface area contributed by atoms with Crippen LogP contribution in [-0.4, -0.2) is 11.1 Å². The molecular weight excluding hydrogens is 259 g/mol. The molecule has 0 radical (unpaired) electrons. The number of ether oxygens (including phenoxy) is 1. The van der Waals surface area contributed by atoms with Crippen molar-refractivity contribution in [3.8, 4) is 11.5 Å². The third-order valence-corrected chi connectivity index (χ3v) is 2.56. The lowest BCUT2D eigenvalue weighted by molar-refractivity contribution is 0.0693. The molecule has 0 amide bonds. The number of halogens is 2. The summed E-state index contributed by atoms with van der Waals surface area (Å²) in [5.41, 5.74) is -0.255. The molecule has 18 heavy (non-hydrogen) atoms. The molecule has 0 fully saturated rings. The van der Waals surface area contributed by atoms with Crippen molar-refractivity contribution in [3.05, 3.63) is 58.9 Å². The lowest BCUT2D eigenvalue weighted by atomic mass is 10.2. The van der Waals surface area contributed by atoms with Crippen molar-refractivity contribution in [2.75, 3.05) is 0 Å². The number of hydrogen-bond acceptors (Lipinski definition) is 2. The molecule has 3 nitrogen and oxygen atoms in total. The lowest BCUT2D eigenvalue weighted by Gasteiger charge is -2.10. The van der Waals surface area contributed by atoms with E-state index in [1.54, 1.807) is 18.2 Å². The monoisotopic (exact) mass is 266 g/mol. The first-order valence-electron chi connectivity index (χ1n) is 5.04. The van der Waals surface area contributed by atoms with E-state index < -0.39 is 11.8 Å². The lowest BCUT2D eigenvalue weighted by Crippen LogP contribution is -2.02. The largest absolute Gasteiger partial charge is 0.478 e. The van der Waals surface area contributed by atoms with Crippen LogP contribution >= 0.6 is 11.6 Å². The quantitative estimate of drug-likeness (QED) is 0.914. The molecule has 0 atom stereocenters. The predicted molar refractivity (Wildman–Crippen MR) is 64.9 cm³/mol. The van der Waals surface area contributed by atoms with Gasteiger partial charge in [-0.25, -0.2) is 9.18 Å². The highest BCUT2D eigenvalue weighted by atomic mass is 35.5. The SMILES string of the molecule is O=C(O)c1cccc(F)c1Oc1ccccc1Cl. The number of carboxylic acid groups (broad SMARTS) is 1. The van der Waals surface area contributed by atoms with E-state index in [1.807, 2.05) is 0 Å². The van der Waals surface area contributed by atoms with Crippen LogP contribution in [0.3, 0.4) is 0 Å². The van der Waals surface area contributed by atoms with E-state index in [0.29, 0.717) is 0 Å². The van der Waals surface area contributed by atoms with Gasteiger partial charge in [0, 0.05) is 0 Å². The molecule has 5 heteroatoms. The molecule has 0 aliphatic rings. The van der Waals surface area contributed by atoms with Gasteiger partial charge in [-0.15, -0.1) is 0 Å². The maximum Gasteiger partial charge on any atom is 0.339 e. The Morgan fingerprint density at radius 1 is 1.17 bits per heavy atom. The summed E-state index contributed by atoms with van der Waals surface area (Å²) in [6, 6.07) is 10.1. The fourth-order valence-electron chi connectivity index (χ4n) is 1.42. The first-order chi connectivity index (χ1) is 8.59. The number of benzene rings is 2. The second-order valence-corrected chi connectivity index (χ2v) is 3.86. The minimum absolute atomic E-state index is 0.201. The van der Waals surface area contributed by atoms with Gasteiger partial charge in [0.25, 0.3) is 0 Å². The molecule has 0 heterocycles. The van der Waals surface area contributed by atoms with Crippen LogP contribution in [0.15, 0.2) is 42.5 Å². The first-order valence-corrected chi connectivity index (χ1v) is 5.41. The summed E-state index contributed by atoms with van der Waals surface area (Å²) in [5, 5.41) is 9.23. The summed E-state index contributed by atoms with van der Waals surface area (Å²) in [6.45, 7) is 0. The normalized spacial score (nSPS) is 10.1. The van der Waals surface area contributed by atoms with Gasteiger partial charge < -0.3 is 9.84 Å². The zero-order chi connectivity index (χ0) is 13.1. The average Bonchev–Trinajstić information content (AvgIpc) is 2.34. The van der Waals surface area contributed by atoms with Crippen molar-refractivity contribution >= 4 is 17.6 Å². The van der Waals surface area contributed by atoms with Crippen LogP contribution in [0.1, 0.15) is 10.4 Å². The molecule has 0 aromatic heterocycles. The third-order valence-electron chi connectivity index (χ3n) is 2.25. The molecule has 2 aromatic carbocycles. The number of aromatic carboxylic acids is 1. The Labute approximate surface area is 107 Å². The van der Waals surface area contributed by atoms with Gasteiger partial charge in [0.15, 0.2) is 11.6 Å². The second kappa shape index (κ2) is 5.06. The van der Waals surface area contributed by atoms with Gasteiger partial charge in [-0.05, 0) is 24.3 Å². The highest BCUT2D eigenvalue weighted by Gasteiger charge is 2.17. The Morgan fingerprint density at radius 2 is 1.89 bits per heavy atom. The van der Waals surface area contributed by atoms with E-state index in [0.717, 1.165) is 6.07 Å². The van der Waals surface area contributed by atoms with Crippen LogP contribution in [0.5, 0.6) is 11.5 Å². The fraction of sp³-hybridized carbons (Fsp3) is 0. The summed E-state index contributed by atoms with van der Waals surface area (Å²) < 4.78 is 18.8. The molecule has 0 bridgehead atoms. The fourth-order valence-corrected chi connectivity index (χ4v) is 1.59. The highest BCUT2D eigenvalue weighted by molar-refractivity contribution is 6.32. The molecule has 2 rings (SSSR count). The zero-order valence-electron chi connectivity index (χ0n) is 9.06. The Morgan fingerprint density at radius 3 is 2.56 bits per heavy atom. The van der Waals surface area contributed by atoms with E-state index >= 15 is 0 Å². The van der Waals surface area contributed by atoms with Crippen molar-refractivity contribution in [1.29, 1.82) is 0 Å². The maximum atomic E-state index is 13.6. The van der Waals surface area contributed by atoms with Gasteiger partial charge in [-0.1, -0.05) is 29.8 Å². The topological polar surface area (TPSA) is 46.5 Å². The van der Waals surface area contributed by atoms with Gasteiger partial charge in [-0.3, -0.25) is 0 Å². The molecule has 2 aromatic rings. The molecule has 0 saturated carbocycles. The van der Waals surface area contributed by atoms with E-state index in [2.05, 4.69) is 0 Å². The van der Waals surface area contributed by atoms with Gasteiger partial charge >= 0.3 is 5.97 Å². The average molecular weight is 267 g/mol. The van der Waals surface area contributed by atoms with Crippen LogP contribution < -0.4 is 4.74 Å². The highest BCUT2D eigenvalue weighted by Crippen LogP contribution is 2.32. The summed E-state index contributed by atoms with van der Waals surface area (Å²) in [4.78, 5) is 11.0. The van der Waals surface area contributed by atoms with Gasteiger partial charge in [0.05, 0.1) is 5.02 Å². The molecule has 0 aliphatic heterocycles. The van der Waals surface area contributed by atoms with Crippen LogP contribution in [0.4, 0.5) is 4.39 Å². The smallest absolute Gasteiger partial charge is 0.339 e. The third kappa shape index (κ3) is 2.43. The minimum atomic E-state index is -1.27. The Bertz CT molecular complexity index is 599. The zero-order valence-corrected chi connectivity index (χ0v) is 9.82. The number of carboxylic acids is 1. The van der Waals surface area contributed by atoms with E-state index in [-0.39, 0.29) is 22.1 Å². The summed E-state index contributed by atoms with van der Waals surface area (Å²) in [6.07, 6.45) is 0. The molecule has 0 aliphatic carbocycles. The number of rotatable bonds is 3. The predicted octanol–water partition coefficient (Wildman–Crippen LogP) is 3.97. The van der Waals surface area contributed by atoms with Gasteiger partial charge in [0.1, 0.15) is 11.3 Å². The van der Waals surface area contributed by atoms with E-state index in [9.17, 15) is 9.18 Å². The maximum absolute atomic E-state index is 13.6. The standard InChI is InChI=1S/C13H8ClFO3/c14-9-5-1-2-7-11(9)18-12-8(13(16)17)4-3-6-10(12)15/h1-7H,(H,16,17). The first kappa shape index (κ1) is 12.4. The van der Waals surface area contributed by atoms with Crippen molar-refractivity contribution in [2.24, 2.45) is 0 Å². The molecule has 92 valence electrons.